The average Bonchev–Trinajstić information content (AvgIpc) is 2.78. The zero-order valence-corrected chi connectivity index (χ0v) is 17.5. The molecule has 0 radical (unpaired) electrons. The van der Waals surface area contributed by atoms with E-state index in [1.807, 2.05) is 43.3 Å². The summed E-state index contributed by atoms with van der Waals surface area (Å²) >= 11 is 0. The molecule has 30 heavy (non-hydrogen) atoms. The molecule has 3 rings (SSSR count). The number of ether oxygens (including phenoxy) is 2. The highest BCUT2D eigenvalue weighted by Crippen LogP contribution is 2.22. The van der Waals surface area contributed by atoms with Crippen LogP contribution in [0.5, 0.6) is 5.88 Å². The second kappa shape index (κ2) is 11.3. The van der Waals surface area contributed by atoms with Crippen molar-refractivity contribution in [1.29, 1.82) is 0 Å². The van der Waals surface area contributed by atoms with Gasteiger partial charge in [-0.25, -0.2) is 4.98 Å². The fraction of sp³-hybridized carbons (Fsp3) is 0.435. The quantitative estimate of drug-likeness (QED) is 0.387. The second-order valence-corrected chi connectivity index (χ2v) is 7.22. The summed E-state index contributed by atoms with van der Waals surface area (Å²) in [5.41, 5.74) is 2.75. The first-order valence-corrected chi connectivity index (χ1v) is 10.4. The third-order valence-electron chi connectivity index (χ3n) is 4.94. The van der Waals surface area contributed by atoms with Gasteiger partial charge in [-0.15, -0.1) is 0 Å². The van der Waals surface area contributed by atoms with Gasteiger partial charge in [-0.1, -0.05) is 42.4 Å². The molecule has 1 N–H and O–H groups in total. The van der Waals surface area contributed by atoms with Crippen molar-refractivity contribution in [3.8, 4) is 5.88 Å². The molecular weight excluding hydrogens is 382 g/mol. The molecule has 2 aromatic rings. The molecule has 1 amide bonds. The van der Waals surface area contributed by atoms with E-state index in [1.165, 1.54) is 6.92 Å². The van der Waals surface area contributed by atoms with Gasteiger partial charge in [-0.05, 0) is 30.9 Å². The predicted octanol–water partition coefficient (Wildman–Crippen LogP) is 3.68. The first-order valence-electron chi connectivity index (χ1n) is 10.4. The number of aromatic nitrogens is 1. The zero-order valence-electron chi connectivity index (χ0n) is 17.5. The van der Waals surface area contributed by atoms with Crippen molar-refractivity contribution >= 4 is 11.6 Å². The Hall–Kier alpha value is -2.93. The standard InChI is InChI=1S/C23H29N3O4/c1-3-21(26-29-16-18-7-5-4-6-8-18)20-9-10-22(24-15-20)30-23(25-17(2)27)19-11-13-28-14-12-19/h4-10,15,19,23H,3,11-14,16H2,1-2H3,(H,25,27)/b26-21+. The summed E-state index contributed by atoms with van der Waals surface area (Å²) in [5.74, 6) is 0.534. The highest BCUT2D eigenvalue weighted by atomic mass is 16.6. The van der Waals surface area contributed by atoms with E-state index in [2.05, 4.69) is 15.5 Å². The molecular formula is C23H29N3O4. The van der Waals surface area contributed by atoms with Gasteiger partial charge in [0, 0.05) is 43.9 Å². The minimum absolute atomic E-state index is 0.126. The SMILES string of the molecule is CC/C(=N\OCc1ccccc1)c1ccc(OC(NC(C)=O)C2CCOCC2)nc1. The smallest absolute Gasteiger partial charge is 0.219 e. The number of rotatable bonds is 9. The van der Waals surface area contributed by atoms with Gasteiger partial charge in [0.25, 0.3) is 0 Å². The number of benzene rings is 1. The lowest BCUT2D eigenvalue weighted by atomic mass is 9.98. The molecule has 1 aliphatic rings. The summed E-state index contributed by atoms with van der Waals surface area (Å²) in [7, 11) is 0. The summed E-state index contributed by atoms with van der Waals surface area (Å²) < 4.78 is 11.4. The van der Waals surface area contributed by atoms with E-state index < -0.39 is 6.23 Å². The normalized spacial score (nSPS) is 16.0. The van der Waals surface area contributed by atoms with Gasteiger partial charge in [-0.2, -0.15) is 0 Å². The van der Waals surface area contributed by atoms with Gasteiger partial charge in [0.05, 0.1) is 5.71 Å². The van der Waals surface area contributed by atoms with Crippen molar-refractivity contribution in [3.05, 3.63) is 59.8 Å². The van der Waals surface area contributed by atoms with Crippen LogP contribution in [0.1, 0.15) is 44.2 Å². The van der Waals surface area contributed by atoms with Crippen molar-refractivity contribution in [3.63, 3.8) is 0 Å². The average molecular weight is 412 g/mol. The number of hydrogen-bond acceptors (Lipinski definition) is 6. The van der Waals surface area contributed by atoms with Crippen LogP contribution in [0, 0.1) is 5.92 Å². The lowest BCUT2D eigenvalue weighted by Crippen LogP contribution is -2.45. The molecule has 0 aliphatic carbocycles. The molecule has 160 valence electrons. The summed E-state index contributed by atoms with van der Waals surface area (Å²) in [6, 6.07) is 13.6. The van der Waals surface area contributed by atoms with Crippen molar-refractivity contribution in [2.75, 3.05) is 13.2 Å². The molecule has 7 heteroatoms. The third-order valence-corrected chi connectivity index (χ3v) is 4.94. The van der Waals surface area contributed by atoms with Crippen molar-refractivity contribution in [2.45, 2.75) is 45.9 Å². The Morgan fingerprint density at radius 3 is 2.63 bits per heavy atom. The first kappa shape index (κ1) is 21.8. The first-order chi connectivity index (χ1) is 14.7. The maximum absolute atomic E-state index is 11.6. The summed E-state index contributed by atoms with van der Waals surface area (Å²) in [6.45, 7) is 5.28. The Morgan fingerprint density at radius 2 is 2.00 bits per heavy atom. The minimum atomic E-state index is -0.418. The number of carbonyl (C=O) groups is 1. The van der Waals surface area contributed by atoms with Crippen LogP contribution in [0.15, 0.2) is 53.8 Å². The molecule has 1 atom stereocenters. The number of pyridine rings is 1. The molecule has 0 spiro atoms. The Labute approximate surface area is 177 Å². The zero-order chi connectivity index (χ0) is 21.2. The van der Waals surface area contributed by atoms with Gasteiger partial charge in [-0.3, -0.25) is 4.79 Å². The number of nitrogens with one attached hydrogen (secondary N) is 1. The van der Waals surface area contributed by atoms with Gasteiger partial charge in [0.2, 0.25) is 11.8 Å². The molecule has 1 fully saturated rings. The van der Waals surface area contributed by atoms with Gasteiger partial charge in [0.15, 0.2) is 6.23 Å². The second-order valence-electron chi connectivity index (χ2n) is 7.22. The van der Waals surface area contributed by atoms with E-state index in [0.29, 0.717) is 32.1 Å². The topological polar surface area (TPSA) is 82.0 Å². The van der Waals surface area contributed by atoms with Crippen molar-refractivity contribution < 1.29 is 19.1 Å². The molecule has 0 bridgehead atoms. The van der Waals surface area contributed by atoms with Crippen molar-refractivity contribution in [1.82, 2.24) is 10.3 Å². The van der Waals surface area contributed by atoms with Crippen LogP contribution in [0.2, 0.25) is 0 Å². The van der Waals surface area contributed by atoms with Crippen LogP contribution in [0.25, 0.3) is 0 Å². The van der Waals surface area contributed by atoms with E-state index in [0.717, 1.165) is 29.7 Å². The lowest BCUT2D eigenvalue weighted by molar-refractivity contribution is -0.123. The third kappa shape index (κ3) is 6.56. The van der Waals surface area contributed by atoms with Crippen LogP contribution in [-0.2, 0) is 21.0 Å². The van der Waals surface area contributed by atoms with Crippen LogP contribution in [-0.4, -0.2) is 36.0 Å². The Kier molecular flexibility index (Phi) is 8.20. The Morgan fingerprint density at radius 1 is 1.23 bits per heavy atom. The van der Waals surface area contributed by atoms with Crippen LogP contribution < -0.4 is 10.1 Å². The lowest BCUT2D eigenvalue weighted by Gasteiger charge is -2.30. The van der Waals surface area contributed by atoms with Crippen LogP contribution in [0.4, 0.5) is 0 Å². The maximum atomic E-state index is 11.6. The van der Waals surface area contributed by atoms with E-state index in [9.17, 15) is 4.79 Å². The molecule has 1 aromatic carbocycles. The number of amides is 1. The summed E-state index contributed by atoms with van der Waals surface area (Å²) in [6.07, 6.45) is 3.70. The molecule has 2 heterocycles. The number of oxime groups is 1. The van der Waals surface area contributed by atoms with Gasteiger partial charge >= 0.3 is 0 Å². The summed E-state index contributed by atoms with van der Waals surface area (Å²) in [5, 5.41) is 7.17. The van der Waals surface area contributed by atoms with Crippen molar-refractivity contribution in [2.24, 2.45) is 11.1 Å². The molecule has 1 aliphatic heterocycles. The monoisotopic (exact) mass is 411 g/mol. The molecule has 1 aromatic heterocycles. The van der Waals surface area contributed by atoms with Gasteiger partial charge in [0.1, 0.15) is 6.61 Å². The molecule has 1 saturated heterocycles. The molecule has 1 unspecified atom stereocenters. The fourth-order valence-corrected chi connectivity index (χ4v) is 3.29. The largest absolute Gasteiger partial charge is 0.453 e. The maximum Gasteiger partial charge on any atom is 0.219 e. The van der Waals surface area contributed by atoms with E-state index in [-0.39, 0.29) is 11.8 Å². The molecule has 0 saturated carbocycles. The minimum Gasteiger partial charge on any atom is -0.453 e. The predicted molar refractivity (Wildman–Crippen MR) is 114 cm³/mol. The number of hydrogen-bond donors (Lipinski definition) is 1. The van der Waals surface area contributed by atoms with E-state index in [4.69, 9.17) is 14.3 Å². The van der Waals surface area contributed by atoms with Gasteiger partial charge < -0.3 is 19.6 Å². The van der Waals surface area contributed by atoms with Crippen LogP contribution in [0.3, 0.4) is 0 Å². The number of carbonyl (C=O) groups excluding carboxylic acids is 1. The number of nitrogens with zero attached hydrogens (tertiary/aromatic N) is 2. The Bertz CT molecular complexity index is 818. The fourth-order valence-electron chi connectivity index (χ4n) is 3.29. The highest BCUT2D eigenvalue weighted by molar-refractivity contribution is 5.99. The molecule has 7 nitrogen and oxygen atoms in total. The van der Waals surface area contributed by atoms with E-state index >= 15 is 0 Å². The Balaban J connectivity index is 1.62. The highest BCUT2D eigenvalue weighted by Gasteiger charge is 2.26. The van der Waals surface area contributed by atoms with E-state index in [1.54, 1.807) is 12.3 Å². The summed E-state index contributed by atoms with van der Waals surface area (Å²) in [4.78, 5) is 21.5. The van der Waals surface area contributed by atoms with Crippen LogP contribution >= 0.6 is 0 Å².